The highest BCUT2D eigenvalue weighted by Gasteiger charge is 2.07. The number of carbonyl (C=O) groups is 1. The van der Waals surface area contributed by atoms with Gasteiger partial charge in [-0.1, -0.05) is 13.8 Å². The van der Waals surface area contributed by atoms with Gasteiger partial charge in [-0.05, 0) is 5.92 Å². The molecule has 0 saturated heterocycles. The van der Waals surface area contributed by atoms with Crippen molar-refractivity contribution in [1.82, 2.24) is 14.8 Å². The van der Waals surface area contributed by atoms with E-state index in [4.69, 9.17) is 5.11 Å². The summed E-state index contributed by atoms with van der Waals surface area (Å²) >= 11 is 0. The standard InChI is InChI=1S/C9H15N3O2/c1-7(2)5-8-11-10-6-12(8)4-3-9(13)14/h6-7H,3-5H2,1-2H3,(H,13,14). The van der Waals surface area contributed by atoms with Gasteiger partial charge in [0.05, 0.1) is 6.42 Å². The van der Waals surface area contributed by atoms with Crippen LogP contribution in [0.4, 0.5) is 0 Å². The van der Waals surface area contributed by atoms with E-state index in [0.29, 0.717) is 12.5 Å². The van der Waals surface area contributed by atoms with Crippen LogP contribution in [-0.2, 0) is 17.8 Å². The van der Waals surface area contributed by atoms with E-state index in [9.17, 15) is 4.79 Å². The SMILES string of the molecule is CC(C)Cc1nncn1CCC(=O)O. The van der Waals surface area contributed by atoms with Crippen molar-refractivity contribution >= 4 is 5.97 Å². The fourth-order valence-electron chi connectivity index (χ4n) is 1.21. The summed E-state index contributed by atoms with van der Waals surface area (Å²) < 4.78 is 1.80. The van der Waals surface area contributed by atoms with Crippen molar-refractivity contribution < 1.29 is 9.90 Å². The number of hydrogen-bond acceptors (Lipinski definition) is 3. The van der Waals surface area contributed by atoms with Gasteiger partial charge in [0.25, 0.3) is 0 Å². The van der Waals surface area contributed by atoms with E-state index in [1.165, 1.54) is 0 Å². The Hall–Kier alpha value is -1.39. The third-order valence-corrected chi connectivity index (χ3v) is 1.85. The average Bonchev–Trinajstić information content (AvgIpc) is 2.47. The van der Waals surface area contributed by atoms with E-state index < -0.39 is 5.97 Å². The molecule has 0 radical (unpaired) electrons. The molecule has 1 N–H and O–H groups in total. The lowest BCUT2D eigenvalue weighted by Gasteiger charge is -2.06. The molecule has 5 heteroatoms. The number of carboxylic acids is 1. The molecule has 0 spiro atoms. The maximum Gasteiger partial charge on any atom is 0.305 e. The summed E-state index contributed by atoms with van der Waals surface area (Å²) in [6.07, 6.45) is 2.53. The molecule has 1 rings (SSSR count). The molecule has 1 aromatic rings. The van der Waals surface area contributed by atoms with Gasteiger partial charge in [0.1, 0.15) is 12.2 Å². The minimum Gasteiger partial charge on any atom is -0.481 e. The van der Waals surface area contributed by atoms with Crippen LogP contribution in [0.15, 0.2) is 6.33 Å². The normalized spacial score (nSPS) is 10.8. The summed E-state index contributed by atoms with van der Waals surface area (Å²) in [5.74, 6) is 0.568. The fourth-order valence-corrected chi connectivity index (χ4v) is 1.21. The summed E-state index contributed by atoms with van der Waals surface area (Å²) in [5, 5.41) is 16.3. The lowest BCUT2D eigenvalue weighted by molar-refractivity contribution is -0.137. The van der Waals surface area contributed by atoms with Crippen molar-refractivity contribution in [3.05, 3.63) is 12.2 Å². The van der Waals surface area contributed by atoms with Crippen LogP contribution in [0.2, 0.25) is 0 Å². The molecule has 14 heavy (non-hydrogen) atoms. The van der Waals surface area contributed by atoms with Crippen LogP contribution >= 0.6 is 0 Å². The van der Waals surface area contributed by atoms with Gasteiger partial charge in [0.15, 0.2) is 0 Å². The zero-order valence-electron chi connectivity index (χ0n) is 8.47. The number of aryl methyl sites for hydroxylation is 1. The fraction of sp³-hybridized carbons (Fsp3) is 0.667. The summed E-state index contributed by atoms with van der Waals surface area (Å²) in [5.41, 5.74) is 0. The van der Waals surface area contributed by atoms with E-state index in [-0.39, 0.29) is 6.42 Å². The Morgan fingerprint density at radius 2 is 2.36 bits per heavy atom. The molecule has 0 saturated carbocycles. The topological polar surface area (TPSA) is 68.0 Å². The molecule has 0 fully saturated rings. The van der Waals surface area contributed by atoms with Crippen molar-refractivity contribution in [2.24, 2.45) is 5.92 Å². The number of aliphatic carboxylic acids is 1. The van der Waals surface area contributed by atoms with E-state index in [0.717, 1.165) is 12.2 Å². The Morgan fingerprint density at radius 1 is 1.64 bits per heavy atom. The molecule has 0 unspecified atom stereocenters. The van der Waals surface area contributed by atoms with Gasteiger partial charge in [-0.2, -0.15) is 0 Å². The van der Waals surface area contributed by atoms with Crippen LogP contribution in [0.25, 0.3) is 0 Å². The smallest absolute Gasteiger partial charge is 0.305 e. The zero-order valence-corrected chi connectivity index (χ0v) is 8.47. The second-order valence-corrected chi connectivity index (χ2v) is 3.68. The molecule has 0 aliphatic carbocycles. The summed E-state index contributed by atoms with van der Waals surface area (Å²) in [6, 6.07) is 0. The van der Waals surface area contributed by atoms with Gasteiger partial charge in [-0.15, -0.1) is 10.2 Å². The Morgan fingerprint density at radius 3 is 2.93 bits per heavy atom. The van der Waals surface area contributed by atoms with Crippen molar-refractivity contribution in [3.63, 3.8) is 0 Å². The predicted octanol–water partition coefficient (Wildman–Crippen LogP) is 0.951. The highest BCUT2D eigenvalue weighted by atomic mass is 16.4. The Kier molecular flexibility index (Phi) is 3.62. The first-order valence-electron chi connectivity index (χ1n) is 4.68. The molecule has 0 bridgehead atoms. The first-order chi connectivity index (χ1) is 6.59. The Labute approximate surface area is 82.8 Å². The highest BCUT2D eigenvalue weighted by Crippen LogP contribution is 2.05. The van der Waals surface area contributed by atoms with E-state index in [1.807, 2.05) is 0 Å². The van der Waals surface area contributed by atoms with Crippen LogP contribution in [0, 0.1) is 5.92 Å². The van der Waals surface area contributed by atoms with Crippen LogP contribution in [0.1, 0.15) is 26.1 Å². The van der Waals surface area contributed by atoms with E-state index in [2.05, 4.69) is 24.0 Å². The van der Waals surface area contributed by atoms with Gasteiger partial charge in [-0.25, -0.2) is 0 Å². The number of hydrogen-bond donors (Lipinski definition) is 1. The molecule has 0 atom stereocenters. The molecular formula is C9H15N3O2. The minimum atomic E-state index is -0.797. The molecule has 0 amide bonds. The Balaban J connectivity index is 2.58. The van der Waals surface area contributed by atoms with Gasteiger partial charge in [0, 0.05) is 13.0 Å². The van der Waals surface area contributed by atoms with Crippen molar-refractivity contribution in [1.29, 1.82) is 0 Å². The average molecular weight is 197 g/mol. The molecule has 0 aliphatic heterocycles. The van der Waals surface area contributed by atoms with Gasteiger partial charge >= 0.3 is 5.97 Å². The first-order valence-corrected chi connectivity index (χ1v) is 4.68. The summed E-state index contributed by atoms with van der Waals surface area (Å²) in [7, 11) is 0. The van der Waals surface area contributed by atoms with Crippen LogP contribution in [0.5, 0.6) is 0 Å². The molecule has 78 valence electrons. The molecule has 1 aromatic heterocycles. The monoisotopic (exact) mass is 197 g/mol. The quantitative estimate of drug-likeness (QED) is 0.763. The lowest BCUT2D eigenvalue weighted by Crippen LogP contribution is -2.09. The zero-order chi connectivity index (χ0) is 10.6. The number of aromatic nitrogens is 3. The van der Waals surface area contributed by atoms with Crippen LogP contribution < -0.4 is 0 Å². The largest absolute Gasteiger partial charge is 0.481 e. The van der Waals surface area contributed by atoms with E-state index >= 15 is 0 Å². The van der Waals surface area contributed by atoms with Crippen molar-refractivity contribution in [2.75, 3.05) is 0 Å². The van der Waals surface area contributed by atoms with Crippen molar-refractivity contribution in [3.8, 4) is 0 Å². The number of carboxylic acid groups (broad SMARTS) is 1. The third-order valence-electron chi connectivity index (χ3n) is 1.85. The van der Waals surface area contributed by atoms with Crippen LogP contribution in [-0.4, -0.2) is 25.8 Å². The maximum atomic E-state index is 10.4. The summed E-state index contributed by atoms with van der Waals surface area (Å²) in [4.78, 5) is 10.4. The number of nitrogens with zero attached hydrogens (tertiary/aromatic N) is 3. The molecular weight excluding hydrogens is 182 g/mol. The summed E-state index contributed by atoms with van der Waals surface area (Å²) in [6.45, 7) is 4.64. The predicted molar refractivity (Wildman–Crippen MR) is 50.8 cm³/mol. The minimum absolute atomic E-state index is 0.114. The van der Waals surface area contributed by atoms with E-state index in [1.54, 1.807) is 10.9 Å². The second kappa shape index (κ2) is 4.74. The second-order valence-electron chi connectivity index (χ2n) is 3.68. The van der Waals surface area contributed by atoms with Gasteiger partial charge in [-0.3, -0.25) is 4.79 Å². The maximum absolute atomic E-state index is 10.4. The van der Waals surface area contributed by atoms with Crippen molar-refractivity contribution in [2.45, 2.75) is 33.2 Å². The third kappa shape index (κ3) is 3.16. The molecule has 5 nitrogen and oxygen atoms in total. The molecule has 0 aliphatic rings. The molecule has 0 aromatic carbocycles. The Bertz CT molecular complexity index is 307. The van der Waals surface area contributed by atoms with Crippen LogP contribution in [0.3, 0.4) is 0 Å². The van der Waals surface area contributed by atoms with Gasteiger partial charge < -0.3 is 9.67 Å². The lowest BCUT2D eigenvalue weighted by atomic mass is 10.1. The first kappa shape index (κ1) is 10.7. The number of rotatable bonds is 5. The molecule has 1 heterocycles. The van der Waals surface area contributed by atoms with Gasteiger partial charge in [0.2, 0.25) is 0 Å². The highest BCUT2D eigenvalue weighted by molar-refractivity contribution is 5.66.